The van der Waals surface area contributed by atoms with Crippen molar-refractivity contribution >= 4 is 29.2 Å². The third-order valence-electron chi connectivity index (χ3n) is 2.26. The molecule has 15 heavy (non-hydrogen) atoms. The fourth-order valence-corrected chi connectivity index (χ4v) is 1.78. The van der Waals surface area contributed by atoms with E-state index in [0.717, 1.165) is 0 Å². The van der Waals surface area contributed by atoms with Crippen LogP contribution in [-0.2, 0) is 15.1 Å². The molecule has 0 saturated carbocycles. The highest BCUT2D eigenvalue weighted by atomic mass is 35.5. The average Bonchev–Trinajstić information content (AvgIpc) is 2.16. The van der Waals surface area contributed by atoms with Crippen LogP contribution in [0.2, 0.25) is 10.0 Å². The number of carbonyl (C=O) groups is 1. The van der Waals surface area contributed by atoms with Crippen LogP contribution in [-0.4, -0.2) is 18.2 Å². The minimum atomic E-state index is -1.46. The first kappa shape index (κ1) is 12.3. The third-order valence-corrected chi connectivity index (χ3v) is 2.81. The zero-order chi connectivity index (χ0) is 11.6. The van der Waals surface area contributed by atoms with Gasteiger partial charge in [0, 0.05) is 22.7 Å². The van der Waals surface area contributed by atoms with Gasteiger partial charge in [-0.05, 0) is 19.1 Å². The second-order valence-corrected chi connectivity index (χ2v) is 4.01. The molecule has 0 fully saturated rings. The molecule has 0 amide bonds. The predicted molar refractivity (Wildman–Crippen MR) is 58.5 cm³/mol. The van der Waals surface area contributed by atoms with Gasteiger partial charge in [0.25, 0.3) is 0 Å². The normalized spacial score (nSPS) is 14.7. The van der Waals surface area contributed by atoms with Crippen molar-refractivity contribution in [2.24, 2.45) is 0 Å². The lowest BCUT2D eigenvalue weighted by atomic mass is 9.96. The molecule has 0 radical (unpaired) electrons. The second-order valence-electron chi connectivity index (χ2n) is 3.17. The van der Waals surface area contributed by atoms with Gasteiger partial charge in [-0.15, -0.1) is 0 Å². The van der Waals surface area contributed by atoms with E-state index in [-0.39, 0.29) is 5.02 Å². The molecule has 1 atom stereocenters. The Labute approximate surface area is 97.6 Å². The molecule has 1 aromatic rings. The fourth-order valence-electron chi connectivity index (χ4n) is 1.19. The topological polar surface area (TPSA) is 46.5 Å². The van der Waals surface area contributed by atoms with Crippen LogP contribution in [0.4, 0.5) is 0 Å². The van der Waals surface area contributed by atoms with E-state index in [0.29, 0.717) is 10.6 Å². The zero-order valence-corrected chi connectivity index (χ0v) is 9.76. The summed E-state index contributed by atoms with van der Waals surface area (Å²) < 4.78 is 4.98. The van der Waals surface area contributed by atoms with E-state index < -0.39 is 11.6 Å². The molecule has 0 unspecified atom stereocenters. The van der Waals surface area contributed by atoms with Gasteiger partial charge in [0.2, 0.25) is 0 Å². The Kier molecular flexibility index (Phi) is 3.60. The van der Waals surface area contributed by atoms with Crippen molar-refractivity contribution in [2.75, 3.05) is 7.11 Å². The van der Waals surface area contributed by atoms with Crippen molar-refractivity contribution in [3.8, 4) is 0 Å². The highest BCUT2D eigenvalue weighted by Crippen LogP contribution is 2.32. The van der Waals surface area contributed by atoms with Crippen LogP contribution < -0.4 is 0 Å². The molecule has 1 rings (SSSR count). The van der Waals surface area contributed by atoms with Gasteiger partial charge in [0.1, 0.15) is 0 Å². The summed E-state index contributed by atoms with van der Waals surface area (Å²) >= 11 is 11.6. The lowest BCUT2D eigenvalue weighted by Crippen LogP contribution is -2.34. The standard InChI is InChI=1S/C10H10Cl2O3/c1-10(15-2,9(13)14)7-4-3-6(11)5-8(7)12/h3-5H,1-2H3,(H,13,14)/t10-/m0/s1. The number of methoxy groups -OCH3 is 1. The van der Waals surface area contributed by atoms with Gasteiger partial charge in [0.05, 0.1) is 0 Å². The van der Waals surface area contributed by atoms with Gasteiger partial charge in [-0.1, -0.05) is 29.3 Å². The summed E-state index contributed by atoms with van der Waals surface area (Å²) in [4.78, 5) is 11.1. The molecule has 0 bridgehead atoms. The number of carboxylic acid groups (broad SMARTS) is 1. The first-order valence-corrected chi connectivity index (χ1v) is 4.91. The largest absolute Gasteiger partial charge is 0.479 e. The van der Waals surface area contributed by atoms with Crippen LogP contribution in [0, 0.1) is 0 Å². The summed E-state index contributed by atoms with van der Waals surface area (Å²) in [6.45, 7) is 1.43. The number of rotatable bonds is 3. The van der Waals surface area contributed by atoms with E-state index in [4.69, 9.17) is 33.0 Å². The number of carboxylic acids is 1. The number of halogens is 2. The van der Waals surface area contributed by atoms with Gasteiger partial charge in [-0.3, -0.25) is 0 Å². The average molecular weight is 249 g/mol. The van der Waals surface area contributed by atoms with Crippen LogP contribution in [0.5, 0.6) is 0 Å². The number of hydrogen-bond donors (Lipinski definition) is 1. The quantitative estimate of drug-likeness (QED) is 0.895. The van der Waals surface area contributed by atoms with Gasteiger partial charge in [0.15, 0.2) is 5.60 Å². The summed E-state index contributed by atoms with van der Waals surface area (Å²) in [5.41, 5.74) is -1.08. The summed E-state index contributed by atoms with van der Waals surface area (Å²) in [7, 11) is 1.32. The SMILES string of the molecule is CO[C@](C)(C(=O)O)c1ccc(Cl)cc1Cl. The molecule has 0 spiro atoms. The molecule has 1 aromatic carbocycles. The van der Waals surface area contributed by atoms with E-state index in [1.54, 1.807) is 12.1 Å². The van der Waals surface area contributed by atoms with Crippen molar-refractivity contribution in [3.63, 3.8) is 0 Å². The van der Waals surface area contributed by atoms with E-state index in [1.807, 2.05) is 0 Å². The molecule has 3 nitrogen and oxygen atoms in total. The maximum absolute atomic E-state index is 11.1. The monoisotopic (exact) mass is 248 g/mol. The smallest absolute Gasteiger partial charge is 0.340 e. The summed E-state index contributed by atoms with van der Waals surface area (Å²) in [6, 6.07) is 4.60. The highest BCUT2D eigenvalue weighted by Gasteiger charge is 2.36. The van der Waals surface area contributed by atoms with E-state index >= 15 is 0 Å². The summed E-state index contributed by atoms with van der Waals surface area (Å²) in [5.74, 6) is -1.10. The third kappa shape index (κ3) is 2.25. The Morgan fingerprint density at radius 2 is 2.07 bits per heavy atom. The molecule has 1 N–H and O–H groups in total. The van der Waals surface area contributed by atoms with Crippen LogP contribution in [0.25, 0.3) is 0 Å². The Balaban J connectivity index is 3.30. The van der Waals surface area contributed by atoms with Crippen LogP contribution in [0.1, 0.15) is 12.5 Å². The molecule has 0 aliphatic rings. The highest BCUT2D eigenvalue weighted by molar-refractivity contribution is 6.35. The predicted octanol–water partition coefficient (Wildman–Crippen LogP) is 2.94. The van der Waals surface area contributed by atoms with Crippen LogP contribution in [0.3, 0.4) is 0 Å². The van der Waals surface area contributed by atoms with Crippen molar-refractivity contribution in [3.05, 3.63) is 33.8 Å². The Morgan fingerprint density at radius 1 is 1.47 bits per heavy atom. The maximum Gasteiger partial charge on any atom is 0.340 e. The molecule has 5 heteroatoms. The first-order chi connectivity index (χ1) is 6.91. The molecule has 0 aliphatic heterocycles. The number of aliphatic carboxylic acids is 1. The maximum atomic E-state index is 11.1. The second kappa shape index (κ2) is 4.39. The lowest BCUT2D eigenvalue weighted by Gasteiger charge is -2.24. The van der Waals surface area contributed by atoms with Crippen LogP contribution in [0.15, 0.2) is 18.2 Å². The van der Waals surface area contributed by atoms with Gasteiger partial charge in [-0.25, -0.2) is 4.79 Å². The van der Waals surface area contributed by atoms with Crippen molar-refractivity contribution in [1.82, 2.24) is 0 Å². The minimum Gasteiger partial charge on any atom is -0.479 e. The minimum absolute atomic E-state index is 0.272. The number of hydrogen-bond acceptors (Lipinski definition) is 2. The Morgan fingerprint density at radius 3 is 2.47 bits per heavy atom. The fraction of sp³-hybridized carbons (Fsp3) is 0.300. The molecule has 0 aromatic heterocycles. The van der Waals surface area contributed by atoms with Gasteiger partial charge >= 0.3 is 5.97 Å². The molecule has 0 saturated heterocycles. The number of benzene rings is 1. The van der Waals surface area contributed by atoms with E-state index in [1.165, 1.54) is 20.1 Å². The Bertz CT molecular complexity index is 392. The summed E-state index contributed by atoms with van der Waals surface area (Å²) in [5, 5.41) is 9.79. The lowest BCUT2D eigenvalue weighted by molar-refractivity contribution is -0.161. The van der Waals surface area contributed by atoms with Crippen molar-refractivity contribution < 1.29 is 14.6 Å². The molecule has 82 valence electrons. The Hall–Kier alpha value is -0.770. The van der Waals surface area contributed by atoms with Crippen LogP contribution >= 0.6 is 23.2 Å². The van der Waals surface area contributed by atoms with E-state index in [2.05, 4.69) is 0 Å². The van der Waals surface area contributed by atoms with Gasteiger partial charge < -0.3 is 9.84 Å². The van der Waals surface area contributed by atoms with Crippen molar-refractivity contribution in [1.29, 1.82) is 0 Å². The number of ether oxygens (including phenoxy) is 1. The molecule has 0 aliphatic carbocycles. The van der Waals surface area contributed by atoms with E-state index in [9.17, 15) is 4.79 Å². The van der Waals surface area contributed by atoms with Crippen molar-refractivity contribution in [2.45, 2.75) is 12.5 Å². The molecule has 0 heterocycles. The first-order valence-electron chi connectivity index (χ1n) is 4.16. The summed E-state index contributed by atoms with van der Waals surface area (Å²) in [6.07, 6.45) is 0. The molecular formula is C10H10Cl2O3. The zero-order valence-electron chi connectivity index (χ0n) is 8.25. The van der Waals surface area contributed by atoms with Gasteiger partial charge in [-0.2, -0.15) is 0 Å². The molecular weight excluding hydrogens is 239 g/mol.